The van der Waals surface area contributed by atoms with E-state index in [1.807, 2.05) is 0 Å². The van der Waals surface area contributed by atoms with Gasteiger partial charge in [0.1, 0.15) is 0 Å². The van der Waals surface area contributed by atoms with Crippen LogP contribution in [0.4, 0.5) is 4.79 Å². The van der Waals surface area contributed by atoms with Crippen LogP contribution in [0.2, 0.25) is 0 Å². The van der Waals surface area contributed by atoms with Gasteiger partial charge in [0.15, 0.2) is 0 Å². The lowest BCUT2D eigenvalue weighted by molar-refractivity contribution is 0.149. The Morgan fingerprint density at radius 3 is 2.73 bits per heavy atom. The van der Waals surface area contributed by atoms with Gasteiger partial charge in [-0.2, -0.15) is 17.0 Å². The van der Waals surface area contributed by atoms with Crippen LogP contribution in [0.3, 0.4) is 0 Å². The normalized spacial score (nSPS) is 29.9. The highest BCUT2D eigenvalue weighted by atomic mass is 32.2. The third-order valence-corrected chi connectivity index (χ3v) is 4.83. The van der Waals surface area contributed by atoms with Gasteiger partial charge in [0.2, 0.25) is 0 Å². The van der Waals surface area contributed by atoms with E-state index in [0.29, 0.717) is 6.54 Å². The minimum Gasteiger partial charge on any atom is -0.452 e. The SMILES string of the molecule is COC(=O)N1C[C@H]2CCCCN2S1(=O)=O. The van der Waals surface area contributed by atoms with E-state index < -0.39 is 16.3 Å². The van der Waals surface area contributed by atoms with Gasteiger partial charge >= 0.3 is 16.3 Å². The number of fused-ring (bicyclic) bond motifs is 1. The van der Waals surface area contributed by atoms with E-state index in [-0.39, 0.29) is 12.6 Å². The van der Waals surface area contributed by atoms with Crippen LogP contribution in [0.5, 0.6) is 0 Å². The van der Waals surface area contributed by atoms with Crippen LogP contribution in [-0.4, -0.2) is 49.4 Å². The lowest BCUT2D eigenvalue weighted by Crippen LogP contribution is -2.40. The van der Waals surface area contributed by atoms with E-state index in [4.69, 9.17) is 0 Å². The summed E-state index contributed by atoms with van der Waals surface area (Å²) >= 11 is 0. The molecule has 2 saturated heterocycles. The standard InChI is InChI=1S/C8H14N2O4S/c1-14-8(11)10-6-7-4-2-3-5-9(7)15(10,12)13/h7H,2-6H2,1H3/t7-/m1/s1. The number of piperidine rings is 1. The Hall–Kier alpha value is -0.820. The molecule has 2 fully saturated rings. The number of rotatable bonds is 0. The third-order valence-electron chi connectivity index (χ3n) is 2.90. The number of nitrogens with zero attached hydrogens (tertiary/aromatic N) is 2. The van der Waals surface area contributed by atoms with Crippen molar-refractivity contribution in [3.63, 3.8) is 0 Å². The molecule has 0 aromatic rings. The van der Waals surface area contributed by atoms with Gasteiger partial charge in [-0.15, -0.1) is 0 Å². The number of carbonyl (C=O) groups excluding carboxylic acids is 1. The van der Waals surface area contributed by atoms with Crippen molar-refractivity contribution >= 4 is 16.3 Å². The Balaban J connectivity index is 2.27. The molecule has 0 saturated carbocycles. The Labute approximate surface area is 89.0 Å². The highest BCUT2D eigenvalue weighted by molar-refractivity contribution is 7.87. The molecule has 86 valence electrons. The van der Waals surface area contributed by atoms with E-state index in [9.17, 15) is 13.2 Å². The van der Waals surface area contributed by atoms with Gasteiger partial charge in [-0.3, -0.25) is 0 Å². The summed E-state index contributed by atoms with van der Waals surface area (Å²) in [6.07, 6.45) is 1.92. The Morgan fingerprint density at radius 1 is 1.40 bits per heavy atom. The molecule has 2 heterocycles. The summed E-state index contributed by atoms with van der Waals surface area (Å²) in [5.74, 6) is 0. The maximum Gasteiger partial charge on any atom is 0.424 e. The molecule has 0 unspecified atom stereocenters. The molecular formula is C8H14N2O4S. The summed E-state index contributed by atoms with van der Waals surface area (Å²) in [5, 5.41) is 0. The number of hydrogen-bond acceptors (Lipinski definition) is 4. The zero-order valence-electron chi connectivity index (χ0n) is 8.55. The van der Waals surface area contributed by atoms with Crippen molar-refractivity contribution in [1.29, 1.82) is 0 Å². The average molecular weight is 234 g/mol. The molecule has 0 aliphatic carbocycles. The molecule has 0 aromatic heterocycles. The minimum absolute atomic E-state index is 0.0529. The Morgan fingerprint density at radius 2 is 2.13 bits per heavy atom. The molecule has 2 rings (SSSR count). The van der Waals surface area contributed by atoms with Crippen molar-refractivity contribution in [2.24, 2.45) is 0 Å². The molecular weight excluding hydrogens is 220 g/mol. The summed E-state index contributed by atoms with van der Waals surface area (Å²) in [5.41, 5.74) is 0. The zero-order valence-corrected chi connectivity index (χ0v) is 9.37. The van der Waals surface area contributed by atoms with E-state index in [1.54, 1.807) is 0 Å². The predicted molar refractivity (Wildman–Crippen MR) is 52.4 cm³/mol. The lowest BCUT2D eigenvalue weighted by Gasteiger charge is -2.25. The summed E-state index contributed by atoms with van der Waals surface area (Å²) in [4.78, 5) is 11.3. The maximum absolute atomic E-state index is 11.9. The smallest absolute Gasteiger partial charge is 0.424 e. The molecule has 15 heavy (non-hydrogen) atoms. The Kier molecular flexibility index (Phi) is 2.59. The second-order valence-corrected chi connectivity index (χ2v) is 5.57. The van der Waals surface area contributed by atoms with Crippen LogP contribution in [0.1, 0.15) is 19.3 Å². The third kappa shape index (κ3) is 1.59. The molecule has 6 nitrogen and oxygen atoms in total. The number of amides is 1. The van der Waals surface area contributed by atoms with Crippen LogP contribution < -0.4 is 0 Å². The van der Waals surface area contributed by atoms with Crippen LogP contribution in [-0.2, 0) is 14.9 Å². The fraction of sp³-hybridized carbons (Fsp3) is 0.875. The Bertz CT molecular complexity index is 367. The molecule has 2 aliphatic heterocycles. The van der Waals surface area contributed by atoms with Crippen LogP contribution in [0, 0.1) is 0 Å². The van der Waals surface area contributed by atoms with Crippen molar-refractivity contribution in [3.8, 4) is 0 Å². The van der Waals surface area contributed by atoms with Gasteiger partial charge in [-0.1, -0.05) is 6.42 Å². The van der Waals surface area contributed by atoms with Gasteiger partial charge in [0, 0.05) is 12.6 Å². The summed E-state index contributed by atoms with van der Waals surface area (Å²) in [6.45, 7) is 0.746. The quantitative estimate of drug-likeness (QED) is 0.599. The first-order chi connectivity index (χ1) is 7.07. The second-order valence-electron chi connectivity index (χ2n) is 3.77. The molecule has 7 heteroatoms. The molecule has 1 amide bonds. The molecule has 0 radical (unpaired) electrons. The summed E-state index contributed by atoms with van der Waals surface area (Å²) < 4.78 is 30.4. The van der Waals surface area contributed by atoms with Crippen molar-refractivity contribution < 1.29 is 17.9 Å². The highest BCUT2D eigenvalue weighted by Crippen LogP contribution is 2.29. The van der Waals surface area contributed by atoms with Crippen LogP contribution >= 0.6 is 0 Å². The monoisotopic (exact) mass is 234 g/mol. The minimum atomic E-state index is -3.61. The number of ether oxygens (including phenoxy) is 1. The van der Waals surface area contributed by atoms with Crippen LogP contribution in [0.25, 0.3) is 0 Å². The van der Waals surface area contributed by atoms with Crippen LogP contribution in [0.15, 0.2) is 0 Å². The van der Waals surface area contributed by atoms with Crippen molar-refractivity contribution in [2.75, 3.05) is 20.2 Å². The maximum atomic E-state index is 11.9. The number of methoxy groups -OCH3 is 1. The fourth-order valence-electron chi connectivity index (χ4n) is 2.14. The van der Waals surface area contributed by atoms with E-state index in [1.165, 1.54) is 11.4 Å². The first-order valence-corrected chi connectivity index (χ1v) is 6.34. The second kappa shape index (κ2) is 3.64. The van der Waals surface area contributed by atoms with Gasteiger partial charge in [0.25, 0.3) is 0 Å². The zero-order chi connectivity index (χ0) is 11.1. The molecule has 0 spiro atoms. The summed E-state index contributed by atoms with van der Waals surface area (Å²) in [6, 6.07) is -0.0529. The average Bonchev–Trinajstić information content (AvgIpc) is 2.51. The molecule has 1 atom stereocenters. The molecule has 0 aromatic carbocycles. The van der Waals surface area contributed by atoms with E-state index in [0.717, 1.165) is 23.6 Å². The van der Waals surface area contributed by atoms with Gasteiger partial charge in [0.05, 0.1) is 13.7 Å². The topological polar surface area (TPSA) is 66.9 Å². The largest absolute Gasteiger partial charge is 0.452 e. The predicted octanol–water partition coefficient (Wildman–Crippen LogP) is 0.168. The van der Waals surface area contributed by atoms with Gasteiger partial charge in [-0.05, 0) is 12.8 Å². The first kappa shape index (κ1) is 10.7. The molecule has 0 bridgehead atoms. The van der Waals surface area contributed by atoms with Crippen molar-refractivity contribution in [2.45, 2.75) is 25.3 Å². The number of hydrogen-bond donors (Lipinski definition) is 0. The molecule has 0 N–H and O–H groups in total. The van der Waals surface area contributed by atoms with E-state index in [2.05, 4.69) is 4.74 Å². The summed E-state index contributed by atoms with van der Waals surface area (Å²) in [7, 11) is -2.42. The molecule has 2 aliphatic rings. The van der Waals surface area contributed by atoms with Gasteiger partial charge < -0.3 is 4.74 Å². The van der Waals surface area contributed by atoms with Crippen molar-refractivity contribution in [3.05, 3.63) is 0 Å². The van der Waals surface area contributed by atoms with Gasteiger partial charge in [-0.25, -0.2) is 4.79 Å². The fourth-order valence-corrected chi connectivity index (χ4v) is 3.93. The van der Waals surface area contributed by atoms with E-state index >= 15 is 0 Å². The van der Waals surface area contributed by atoms with Crippen molar-refractivity contribution in [1.82, 2.24) is 8.61 Å². The lowest BCUT2D eigenvalue weighted by atomic mass is 10.1. The first-order valence-electron chi connectivity index (χ1n) is 4.95. The number of carbonyl (C=O) groups is 1. The highest BCUT2D eigenvalue weighted by Gasteiger charge is 2.47.